The first-order valence-electron chi connectivity index (χ1n) is 9.87. The molecule has 7 nitrogen and oxygen atoms in total. The first kappa shape index (κ1) is 21.0. The highest BCUT2D eigenvalue weighted by Gasteiger charge is 2.32. The van der Waals surface area contributed by atoms with Crippen LogP contribution in [0, 0.1) is 6.92 Å². The van der Waals surface area contributed by atoms with Crippen molar-refractivity contribution in [3.63, 3.8) is 0 Å². The first-order chi connectivity index (χ1) is 13.9. The number of hydrogen-bond acceptors (Lipinski definition) is 5. The van der Waals surface area contributed by atoms with Gasteiger partial charge >= 0.3 is 11.8 Å². The molecule has 0 unspecified atom stereocenters. The number of carbonyl (C=O) groups excluding carboxylic acids is 3. The number of amides is 3. The second kappa shape index (κ2) is 9.17. The zero-order valence-corrected chi connectivity index (χ0v) is 17.8. The number of piperazine rings is 1. The number of aryl methyl sites for hydroxylation is 2. The van der Waals surface area contributed by atoms with E-state index in [-0.39, 0.29) is 12.5 Å². The molecule has 8 heteroatoms. The largest absolute Gasteiger partial charge is 0.333 e. The molecule has 0 atom stereocenters. The summed E-state index contributed by atoms with van der Waals surface area (Å²) in [6.07, 6.45) is 2.15. The predicted molar refractivity (Wildman–Crippen MR) is 114 cm³/mol. The zero-order chi connectivity index (χ0) is 21.0. The summed E-state index contributed by atoms with van der Waals surface area (Å²) in [7, 11) is 0. The second-order valence-electron chi connectivity index (χ2n) is 7.03. The molecule has 2 aromatic rings. The van der Waals surface area contributed by atoms with E-state index < -0.39 is 11.8 Å². The number of nitrogens with zero attached hydrogens (tertiary/aromatic N) is 3. The molecule has 1 aromatic heterocycles. The van der Waals surface area contributed by atoms with Crippen LogP contribution in [-0.2, 0) is 20.8 Å². The Bertz CT molecular complexity index is 907. The summed E-state index contributed by atoms with van der Waals surface area (Å²) in [5.74, 6) is -1.53. The molecule has 1 N–H and O–H groups in total. The van der Waals surface area contributed by atoms with Crippen LogP contribution in [0.5, 0.6) is 0 Å². The van der Waals surface area contributed by atoms with Gasteiger partial charge in [0.05, 0.1) is 5.69 Å². The molecule has 0 spiro atoms. The zero-order valence-electron chi connectivity index (χ0n) is 17.0. The number of benzene rings is 1. The van der Waals surface area contributed by atoms with E-state index in [2.05, 4.69) is 41.5 Å². The summed E-state index contributed by atoms with van der Waals surface area (Å²) >= 11 is 1.40. The van der Waals surface area contributed by atoms with Crippen molar-refractivity contribution in [3.05, 3.63) is 34.7 Å². The summed E-state index contributed by atoms with van der Waals surface area (Å²) in [6, 6.07) is 8.31. The number of carbonyl (C=O) groups is 3. The van der Waals surface area contributed by atoms with E-state index in [0.717, 1.165) is 29.0 Å². The maximum atomic E-state index is 12.4. The topological polar surface area (TPSA) is 82.6 Å². The van der Waals surface area contributed by atoms with E-state index in [4.69, 9.17) is 0 Å². The molecule has 3 rings (SSSR count). The average Bonchev–Trinajstić information content (AvgIpc) is 3.06. The molecule has 0 radical (unpaired) electrons. The highest BCUT2D eigenvalue weighted by molar-refractivity contribution is 7.16. The monoisotopic (exact) mass is 414 g/mol. The molecule has 1 saturated heterocycles. The highest BCUT2D eigenvalue weighted by atomic mass is 32.1. The molecule has 154 valence electrons. The van der Waals surface area contributed by atoms with Crippen molar-refractivity contribution in [1.29, 1.82) is 0 Å². The van der Waals surface area contributed by atoms with Gasteiger partial charge < -0.3 is 15.1 Å². The molecular formula is C21H26N4O3S. The first-order valence-corrected chi connectivity index (χ1v) is 10.7. The van der Waals surface area contributed by atoms with Crippen LogP contribution in [0.3, 0.4) is 0 Å². The average molecular weight is 415 g/mol. The van der Waals surface area contributed by atoms with Crippen LogP contribution < -0.4 is 5.32 Å². The molecule has 0 bridgehead atoms. The molecule has 1 aliphatic rings. The minimum Gasteiger partial charge on any atom is -0.333 e. The third kappa shape index (κ3) is 4.82. The maximum Gasteiger partial charge on any atom is 0.312 e. The van der Waals surface area contributed by atoms with Crippen LogP contribution in [0.25, 0.3) is 11.3 Å². The van der Waals surface area contributed by atoms with Gasteiger partial charge in [0.15, 0.2) is 5.13 Å². The van der Waals surface area contributed by atoms with E-state index in [1.807, 2.05) is 13.8 Å². The Morgan fingerprint density at radius 3 is 2.41 bits per heavy atom. The van der Waals surface area contributed by atoms with Crippen LogP contribution in [0.15, 0.2) is 24.3 Å². The molecule has 0 saturated carbocycles. The van der Waals surface area contributed by atoms with Crippen molar-refractivity contribution < 1.29 is 14.4 Å². The fourth-order valence-electron chi connectivity index (χ4n) is 3.34. The molecule has 0 aliphatic carbocycles. The third-order valence-corrected chi connectivity index (χ3v) is 5.81. The number of thiazole rings is 1. The number of anilines is 1. The van der Waals surface area contributed by atoms with Gasteiger partial charge in [-0.25, -0.2) is 4.98 Å². The van der Waals surface area contributed by atoms with Gasteiger partial charge in [-0.05, 0) is 25.8 Å². The highest BCUT2D eigenvalue weighted by Crippen LogP contribution is 2.30. The van der Waals surface area contributed by atoms with Crippen molar-refractivity contribution in [2.24, 2.45) is 0 Å². The second-order valence-corrected chi connectivity index (χ2v) is 8.23. The molecule has 2 heterocycles. The molecule has 29 heavy (non-hydrogen) atoms. The Labute approximate surface area is 174 Å². The minimum absolute atomic E-state index is 0.151. The summed E-state index contributed by atoms with van der Waals surface area (Å²) in [6.45, 7) is 7.09. The van der Waals surface area contributed by atoms with Crippen molar-refractivity contribution in [3.8, 4) is 11.3 Å². The fourth-order valence-corrected chi connectivity index (χ4v) is 4.19. The lowest BCUT2D eigenvalue weighted by molar-refractivity contribution is -0.156. The van der Waals surface area contributed by atoms with E-state index >= 15 is 0 Å². The summed E-state index contributed by atoms with van der Waals surface area (Å²) in [4.78, 5) is 44.8. The van der Waals surface area contributed by atoms with Crippen molar-refractivity contribution >= 4 is 34.2 Å². The van der Waals surface area contributed by atoms with Crippen molar-refractivity contribution in [1.82, 2.24) is 14.8 Å². The van der Waals surface area contributed by atoms with Crippen LogP contribution in [0.4, 0.5) is 5.13 Å². The van der Waals surface area contributed by atoms with Crippen LogP contribution in [-0.4, -0.2) is 58.7 Å². The van der Waals surface area contributed by atoms with E-state index in [9.17, 15) is 14.4 Å². The number of likely N-dealkylation sites (N-methyl/N-ethyl adjacent to an activating group) is 1. The van der Waals surface area contributed by atoms with Gasteiger partial charge in [-0.15, -0.1) is 11.3 Å². The van der Waals surface area contributed by atoms with E-state index in [1.54, 1.807) is 0 Å². The van der Waals surface area contributed by atoms with Gasteiger partial charge in [0.25, 0.3) is 0 Å². The molecular weight excluding hydrogens is 388 g/mol. The van der Waals surface area contributed by atoms with Gasteiger partial charge in [0.2, 0.25) is 5.91 Å². The number of nitrogens with one attached hydrogen (secondary N) is 1. The lowest BCUT2D eigenvalue weighted by Crippen LogP contribution is -2.55. The van der Waals surface area contributed by atoms with Gasteiger partial charge in [-0.2, -0.15) is 0 Å². The molecule has 1 aromatic carbocycles. The lowest BCUT2D eigenvalue weighted by Gasteiger charge is -2.32. The lowest BCUT2D eigenvalue weighted by atomic mass is 10.1. The molecule has 1 fully saturated rings. The Kier molecular flexibility index (Phi) is 6.64. The fraction of sp³-hybridized carbons (Fsp3) is 0.429. The number of hydrogen-bond donors (Lipinski definition) is 1. The minimum atomic E-state index is -0.628. The van der Waals surface area contributed by atoms with Gasteiger partial charge in [-0.1, -0.05) is 37.6 Å². The van der Waals surface area contributed by atoms with Gasteiger partial charge in [0, 0.05) is 30.1 Å². The Morgan fingerprint density at radius 1 is 1.10 bits per heavy atom. The number of aromatic nitrogens is 1. The SMILES string of the molecule is CCCc1ccc(-c2nc(NC(=O)CN3CCN(CC)C(=O)C3=O)sc2C)cc1. The van der Waals surface area contributed by atoms with Crippen LogP contribution in [0.2, 0.25) is 0 Å². The van der Waals surface area contributed by atoms with Crippen LogP contribution >= 0.6 is 11.3 Å². The standard InChI is InChI=1S/C21H26N4O3S/c1-4-6-15-7-9-16(10-8-15)18-14(3)29-21(23-18)22-17(26)13-25-12-11-24(5-2)19(27)20(25)28/h7-10H,4-6,11-13H2,1-3H3,(H,22,23,26). The Balaban J connectivity index is 1.64. The summed E-state index contributed by atoms with van der Waals surface area (Å²) in [5, 5.41) is 3.25. The van der Waals surface area contributed by atoms with Crippen LogP contribution in [0.1, 0.15) is 30.7 Å². The quantitative estimate of drug-likeness (QED) is 0.706. The Hall–Kier alpha value is -2.74. The third-order valence-electron chi connectivity index (χ3n) is 4.92. The van der Waals surface area contributed by atoms with Crippen molar-refractivity contribution in [2.45, 2.75) is 33.6 Å². The Morgan fingerprint density at radius 2 is 1.76 bits per heavy atom. The molecule has 1 aliphatic heterocycles. The van der Waals surface area contributed by atoms with Gasteiger partial charge in [0.1, 0.15) is 6.54 Å². The summed E-state index contributed by atoms with van der Waals surface area (Å²) < 4.78 is 0. The molecule has 3 amide bonds. The summed E-state index contributed by atoms with van der Waals surface area (Å²) in [5.41, 5.74) is 3.15. The van der Waals surface area contributed by atoms with E-state index in [0.29, 0.717) is 24.8 Å². The maximum absolute atomic E-state index is 12.4. The van der Waals surface area contributed by atoms with Crippen molar-refractivity contribution in [2.75, 3.05) is 31.5 Å². The van der Waals surface area contributed by atoms with E-state index in [1.165, 1.54) is 26.7 Å². The smallest absolute Gasteiger partial charge is 0.312 e. The normalized spacial score (nSPS) is 14.4. The van der Waals surface area contributed by atoms with Gasteiger partial charge in [-0.3, -0.25) is 14.4 Å². The number of rotatable bonds is 7. The predicted octanol–water partition coefficient (Wildman–Crippen LogP) is 2.70.